The van der Waals surface area contributed by atoms with Crippen LogP contribution in [0.25, 0.3) is 0 Å². The molecule has 1 fully saturated rings. The van der Waals surface area contributed by atoms with E-state index in [-0.39, 0.29) is 12.1 Å². The molecule has 0 spiro atoms. The lowest BCUT2D eigenvalue weighted by Gasteiger charge is -2.32. The topological polar surface area (TPSA) is 41.5 Å². The van der Waals surface area contributed by atoms with Crippen LogP contribution in [0.3, 0.4) is 0 Å². The molecule has 102 valence electrons. The van der Waals surface area contributed by atoms with Crippen molar-refractivity contribution in [3.63, 3.8) is 0 Å². The number of aliphatic hydroxyl groups excluding tert-OH is 1. The fraction of sp³-hybridized carbons (Fsp3) is 1.00. The largest absolute Gasteiger partial charge is 0.394 e. The van der Waals surface area contributed by atoms with Crippen LogP contribution in [-0.4, -0.2) is 37.0 Å². The Morgan fingerprint density at radius 2 is 2.12 bits per heavy atom. The highest BCUT2D eigenvalue weighted by Gasteiger charge is 2.26. The first-order chi connectivity index (χ1) is 8.26. The third kappa shape index (κ3) is 5.84. The van der Waals surface area contributed by atoms with Crippen molar-refractivity contribution in [3.05, 3.63) is 0 Å². The van der Waals surface area contributed by atoms with Crippen LogP contribution in [0.2, 0.25) is 0 Å². The van der Waals surface area contributed by atoms with E-state index in [0.717, 1.165) is 51.4 Å². The first kappa shape index (κ1) is 14.9. The van der Waals surface area contributed by atoms with Crippen LogP contribution >= 0.6 is 0 Å². The van der Waals surface area contributed by atoms with Gasteiger partial charge in [-0.25, -0.2) is 0 Å². The molecule has 1 rings (SSSR count). The Morgan fingerprint density at radius 3 is 2.65 bits per heavy atom. The molecule has 1 atom stereocenters. The Bertz CT molecular complexity index is 189. The Labute approximate surface area is 106 Å². The van der Waals surface area contributed by atoms with Crippen LogP contribution in [0.1, 0.15) is 52.4 Å². The molecule has 3 nitrogen and oxygen atoms in total. The smallest absolute Gasteiger partial charge is 0.0613 e. The van der Waals surface area contributed by atoms with Gasteiger partial charge in [0, 0.05) is 18.8 Å². The summed E-state index contributed by atoms with van der Waals surface area (Å²) in [5.74, 6) is 0.849. The molecule has 0 aromatic heterocycles. The third-order valence-corrected chi connectivity index (χ3v) is 3.72. The van der Waals surface area contributed by atoms with E-state index in [9.17, 15) is 5.11 Å². The van der Waals surface area contributed by atoms with E-state index in [1.165, 1.54) is 12.8 Å². The SMILES string of the molecule is CCCNC(CC)(CO)CCCOCC1CC1. The van der Waals surface area contributed by atoms with Gasteiger partial charge in [0.2, 0.25) is 0 Å². The van der Waals surface area contributed by atoms with Gasteiger partial charge in [-0.15, -0.1) is 0 Å². The Hall–Kier alpha value is -0.120. The van der Waals surface area contributed by atoms with Gasteiger partial charge in [-0.1, -0.05) is 13.8 Å². The molecule has 1 aliphatic carbocycles. The van der Waals surface area contributed by atoms with Gasteiger partial charge in [0.25, 0.3) is 0 Å². The predicted octanol–water partition coefficient (Wildman–Crippen LogP) is 2.33. The minimum atomic E-state index is -0.0844. The maximum atomic E-state index is 9.55. The van der Waals surface area contributed by atoms with E-state index >= 15 is 0 Å². The second-order valence-electron chi connectivity index (χ2n) is 5.34. The third-order valence-electron chi connectivity index (χ3n) is 3.72. The zero-order valence-electron chi connectivity index (χ0n) is 11.5. The van der Waals surface area contributed by atoms with Gasteiger partial charge in [-0.3, -0.25) is 0 Å². The van der Waals surface area contributed by atoms with Crippen molar-refractivity contribution in [2.75, 3.05) is 26.4 Å². The van der Waals surface area contributed by atoms with Gasteiger partial charge >= 0.3 is 0 Å². The number of ether oxygens (including phenoxy) is 1. The van der Waals surface area contributed by atoms with E-state index in [1.807, 2.05) is 0 Å². The summed E-state index contributed by atoms with van der Waals surface area (Å²) in [6.45, 7) is 7.30. The predicted molar refractivity (Wildman–Crippen MR) is 71.2 cm³/mol. The van der Waals surface area contributed by atoms with Crippen molar-refractivity contribution >= 4 is 0 Å². The van der Waals surface area contributed by atoms with Gasteiger partial charge < -0.3 is 15.2 Å². The van der Waals surface area contributed by atoms with Gasteiger partial charge in [0.1, 0.15) is 0 Å². The highest BCUT2D eigenvalue weighted by atomic mass is 16.5. The Balaban J connectivity index is 2.12. The molecule has 0 bridgehead atoms. The van der Waals surface area contributed by atoms with Gasteiger partial charge in [0.05, 0.1) is 6.61 Å². The summed E-state index contributed by atoms with van der Waals surface area (Å²) in [7, 11) is 0. The lowest BCUT2D eigenvalue weighted by Crippen LogP contribution is -2.48. The molecule has 0 aromatic carbocycles. The quantitative estimate of drug-likeness (QED) is 0.547. The average Bonchev–Trinajstić information content (AvgIpc) is 3.17. The second kappa shape index (κ2) is 8.06. The summed E-state index contributed by atoms with van der Waals surface area (Å²) in [6, 6.07) is 0. The lowest BCUT2D eigenvalue weighted by atomic mass is 9.91. The highest BCUT2D eigenvalue weighted by molar-refractivity contribution is 4.85. The minimum Gasteiger partial charge on any atom is -0.394 e. The van der Waals surface area contributed by atoms with Crippen molar-refractivity contribution in [1.29, 1.82) is 0 Å². The Morgan fingerprint density at radius 1 is 1.35 bits per heavy atom. The van der Waals surface area contributed by atoms with E-state index in [2.05, 4.69) is 19.2 Å². The van der Waals surface area contributed by atoms with Crippen LogP contribution in [0.5, 0.6) is 0 Å². The molecule has 0 aliphatic heterocycles. The van der Waals surface area contributed by atoms with Crippen LogP contribution < -0.4 is 5.32 Å². The number of nitrogens with one attached hydrogen (secondary N) is 1. The van der Waals surface area contributed by atoms with E-state index in [1.54, 1.807) is 0 Å². The molecule has 0 heterocycles. The second-order valence-corrected chi connectivity index (χ2v) is 5.34. The van der Waals surface area contributed by atoms with Crippen molar-refractivity contribution in [2.24, 2.45) is 5.92 Å². The van der Waals surface area contributed by atoms with Gasteiger partial charge in [-0.2, -0.15) is 0 Å². The number of hydrogen-bond donors (Lipinski definition) is 2. The van der Waals surface area contributed by atoms with E-state index in [0.29, 0.717) is 0 Å². The number of rotatable bonds is 11. The monoisotopic (exact) mass is 243 g/mol. The maximum absolute atomic E-state index is 9.55. The van der Waals surface area contributed by atoms with Crippen molar-refractivity contribution < 1.29 is 9.84 Å². The average molecular weight is 243 g/mol. The molecule has 0 radical (unpaired) electrons. The number of aliphatic hydroxyl groups is 1. The standard InChI is InChI=1S/C14H29NO2/c1-3-9-15-14(4-2,12-16)8-5-10-17-11-13-6-7-13/h13,15-16H,3-12H2,1-2H3. The van der Waals surface area contributed by atoms with Crippen molar-refractivity contribution in [1.82, 2.24) is 5.32 Å². The van der Waals surface area contributed by atoms with Crippen LogP contribution in [-0.2, 0) is 4.74 Å². The van der Waals surface area contributed by atoms with Crippen molar-refractivity contribution in [3.8, 4) is 0 Å². The van der Waals surface area contributed by atoms with Crippen LogP contribution in [0.4, 0.5) is 0 Å². The Kier molecular flexibility index (Phi) is 7.09. The fourth-order valence-electron chi connectivity index (χ4n) is 2.07. The van der Waals surface area contributed by atoms with Gasteiger partial charge in [-0.05, 0) is 51.0 Å². The van der Waals surface area contributed by atoms with E-state index in [4.69, 9.17) is 4.74 Å². The molecular weight excluding hydrogens is 214 g/mol. The molecule has 1 aliphatic rings. The molecule has 0 aromatic rings. The molecule has 1 saturated carbocycles. The first-order valence-electron chi connectivity index (χ1n) is 7.20. The molecule has 3 heteroatoms. The first-order valence-corrected chi connectivity index (χ1v) is 7.20. The minimum absolute atomic E-state index is 0.0844. The van der Waals surface area contributed by atoms with E-state index < -0.39 is 0 Å². The molecule has 2 N–H and O–H groups in total. The normalized spacial score (nSPS) is 19.2. The van der Waals surface area contributed by atoms with Crippen molar-refractivity contribution in [2.45, 2.75) is 57.9 Å². The van der Waals surface area contributed by atoms with Crippen LogP contribution in [0, 0.1) is 5.92 Å². The molecular formula is C14H29NO2. The molecule has 0 amide bonds. The summed E-state index contributed by atoms with van der Waals surface area (Å²) in [4.78, 5) is 0. The zero-order valence-corrected chi connectivity index (χ0v) is 11.5. The molecule has 0 saturated heterocycles. The van der Waals surface area contributed by atoms with Crippen LogP contribution in [0.15, 0.2) is 0 Å². The number of hydrogen-bond acceptors (Lipinski definition) is 3. The summed E-state index contributed by atoms with van der Waals surface area (Å²) in [5.41, 5.74) is -0.0844. The summed E-state index contributed by atoms with van der Waals surface area (Å²) >= 11 is 0. The maximum Gasteiger partial charge on any atom is 0.0613 e. The molecule has 17 heavy (non-hydrogen) atoms. The molecule has 1 unspecified atom stereocenters. The summed E-state index contributed by atoms with van der Waals surface area (Å²) < 4.78 is 5.64. The summed E-state index contributed by atoms with van der Waals surface area (Å²) in [6.07, 6.45) is 6.84. The summed E-state index contributed by atoms with van der Waals surface area (Å²) in [5, 5.41) is 13.0. The fourth-order valence-corrected chi connectivity index (χ4v) is 2.07. The zero-order chi connectivity index (χ0) is 12.6. The van der Waals surface area contributed by atoms with Gasteiger partial charge in [0.15, 0.2) is 0 Å². The lowest BCUT2D eigenvalue weighted by molar-refractivity contribution is 0.0972. The highest BCUT2D eigenvalue weighted by Crippen LogP contribution is 2.28.